The van der Waals surface area contributed by atoms with E-state index in [2.05, 4.69) is 21.2 Å². The molecule has 0 atom stereocenters. The molecule has 0 radical (unpaired) electrons. The van der Waals surface area contributed by atoms with Gasteiger partial charge in [-0.2, -0.15) is 0 Å². The molecule has 1 amide bonds. The number of primary amides is 1. The Bertz CT molecular complexity index is 616. The Hall–Kier alpha value is -1.88. The third-order valence-corrected chi connectivity index (χ3v) is 3.24. The van der Waals surface area contributed by atoms with E-state index in [4.69, 9.17) is 5.73 Å². The highest BCUT2D eigenvalue weighted by molar-refractivity contribution is 9.10. The molecule has 0 bridgehead atoms. The lowest BCUT2D eigenvalue weighted by Gasteiger charge is -2.08. The molecule has 2 aromatic carbocycles. The number of carbonyl (C=O) groups is 1. The van der Waals surface area contributed by atoms with E-state index < -0.39 is 5.91 Å². The number of carbonyl (C=O) groups excluding carboxylic acids is 1. The molecule has 0 unspecified atom stereocenters. The van der Waals surface area contributed by atoms with Crippen LogP contribution in [0.1, 0.15) is 15.9 Å². The summed E-state index contributed by atoms with van der Waals surface area (Å²) in [4.78, 5) is 11.1. The summed E-state index contributed by atoms with van der Waals surface area (Å²) in [5.74, 6) is -0.757. The Morgan fingerprint density at radius 3 is 2.74 bits per heavy atom. The van der Waals surface area contributed by atoms with Gasteiger partial charge in [0.25, 0.3) is 0 Å². The molecule has 98 valence electrons. The Kier molecular flexibility index (Phi) is 4.16. The molecule has 3 nitrogen and oxygen atoms in total. The molecule has 0 aliphatic rings. The SMILES string of the molecule is NC(=O)c1cccc(NCc2ccc(F)c(Br)c2)c1. The zero-order chi connectivity index (χ0) is 13.8. The molecule has 0 heterocycles. The second-order valence-electron chi connectivity index (χ2n) is 4.05. The van der Waals surface area contributed by atoms with Gasteiger partial charge in [-0.3, -0.25) is 4.79 Å². The zero-order valence-corrected chi connectivity index (χ0v) is 11.6. The maximum atomic E-state index is 13.1. The lowest BCUT2D eigenvalue weighted by atomic mass is 10.1. The topological polar surface area (TPSA) is 55.1 Å². The quantitative estimate of drug-likeness (QED) is 0.907. The van der Waals surface area contributed by atoms with Gasteiger partial charge in [0.1, 0.15) is 5.82 Å². The summed E-state index contributed by atoms with van der Waals surface area (Å²) in [6.07, 6.45) is 0. The van der Waals surface area contributed by atoms with E-state index in [1.165, 1.54) is 6.07 Å². The average Bonchev–Trinajstić information content (AvgIpc) is 2.40. The van der Waals surface area contributed by atoms with Crippen LogP contribution >= 0.6 is 15.9 Å². The van der Waals surface area contributed by atoms with Gasteiger partial charge in [-0.05, 0) is 51.8 Å². The van der Waals surface area contributed by atoms with Gasteiger partial charge in [0.2, 0.25) is 5.91 Å². The standard InChI is InChI=1S/C14H12BrFN2O/c15-12-6-9(4-5-13(12)16)8-18-11-3-1-2-10(7-11)14(17)19/h1-7,18H,8H2,(H2,17,19). The highest BCUT2D eigenvalue weighted by atomic mass is 79.9. The fraction of sp³-hybridized carbons (Fsp3) is 0.0714. The Morgan fingerprint density at radius 2 is 2.05 bits per heavy atom. The second kappa shape index (κ2) is 5.84. The van der Waals surface area contributed by atoms with Crippen LogP contribution in [0, 0.1) is 5.82 Å². The lowest BCUT2D eigenvalue weighted by Crippen LogP contribution is -2.11. The molecule has 0 aliphatic heterocycles. The molecule has 0 saturated heterocycles. The molecule has 0 spiro atoms. The van der Waals surface area contributed by atoms with E-state index in [9.17, 15) is 9.18 Å². The first-order chi connectivity index (χ1) is 9.06. The van der Waals surface area contributed by atoms with Gasteiger partial charge in [-0.1, -0.05) is 12.1 Å². The summed E-state index contributed by atoms with van der Waals surface area (Å²) in [7, 11) is 0. The number of nitrogens with one attached hydrogen (secondary N) is 1. The van der Waals surface area contributed by atoms with Gasteiger partial charge < -0.3 is 11.1 Å². The third-order valence-electron chi connectivity index (χ3n) is 2.63. The van der Waals surface area contributed by atoms with E-state index in [0.717, 1.165) is 11.3 Å². The van der Waals surface area contributed by atoms with Gasteiger partial charge in [-0.15, -0.1) is 0 Å². The van der Waals surface area contributed by atoms with E-state index in [-0.39, 0.29) is 5.82 Å². The second-order valence-corrected chi connectivity index (χ2v) is 4.90. The van der Waals surface area contributed by atoms with Crippen molar-refractivity contribution in [2.45, 2.75) is 6.54 Å². The molecule has 0 fully saturated rings. The molecule has 2 rings (SSSR count). The molecular formula is C14H12BrFN2O. The fourth-order valence-corrected chi connectivity index (χ4v) is 2.06. The molecule has 0 aromatic heterocycles. The number of halogens is 2. The number of hydrogen-bond donors (Lipinski definition) is 2. The normalized spacial score (nSPS) is 10.2. The number of amides is 1. The third kappa shape index (κ3) is 3.54. The maximum Gasteiger partial charge on any atom is 0.248 e. The van der Waals surface area contributed by atoms with Crippen LogP contribution in [-0.2, 0) is 6.54 Å². The van der Waals surface area contributed by atoms with Crippen LogP contribution in [0.5, 0.6) is 0 Å². The monoisotopic (exact) mass is 322 g/mol. The van der Waals surface area contributed by atoms with Crippen molar-refractivity contribution < 1.29 is 9.18 Å². The molecule has 3 N–H and O–H groups in total. The van der Waals surface area contributed by atoms with Crippen molar-refractivity contribution in [3.05, 3.63) is 63.9 Å². The van der Waals surface area contributed by atoms with Crippen LogP contribution in [0.4, 0.5) is 10.1 Å². The van der Waals surface area contributed by atoms with E-state index >= 15 is 0 Å². The number of anilines is 1. The van der Waals surface area contributed by atoms with E-state index in [0.29, 0.717) is 16.6 Å². The summed E-state index contributed by atoms with van der Waals surface area (Å²) in [6.45, 7) is 0.529. The first-order valence-corrected chi connectivity index (χ1v) is 6.43. The summed E-state index contributed by atoms with van der Waals surface area (Å²) in [6, 6.07) is 11.7. The largest absolute Gasteiger partial charge is 0.381 e. The van der Waals surface area contributed by atoms with Crippen molar-refractivity contribution in [2.24, 2.45) is 5.73 Å². The summed E-state index contributed by atoms with van der Waals surface area (Å²) in [5, 5.41) is 3.15. The van der Waals surface area contributed by atoms with Crippen molar-refractivity contribution in [1.82, 2.24) is 0 Å². The first kappa shape index (κ1) is 13.5. The Morgan fingerprint density at radius 1 is 1.26 bits per heavy atom. The Balaban J connectivity index is 2.07. The van der Waals surface area contributed by atoms with Crippen molar-refractivity contribution >= 4 is 27.5 Å². The summed E-state index contributed by atoms with van der Waals surface area (Å²) in [5.41, 5.74) is 7.38. The summed E-state index contributed by atoms with van der Waals surface area (Å²) >= 11 is 3.14. The van der Waals surface area contributed by atoms with Crippen molar-refractivity contribution in [3.63, 3.8) is 0 Å². The Labute approximate surface area is 118 Å². The van der Waals surface area contributed by atoms with E-state index in [1.54, 1.807) is 30.3 Å². The number of nitrogens with two attached hydrogens (primary N) is 1. The van der Waals surface area contributed by atoms with Crippen LogP contribution < -0.4 is 11.1 Å². The van der Waals surface area contributed by atoms with Crippen LogP contribution in [0.15, 0.2) is 46.9 Å². The first-order valence-electron chi connectivity index (χ1n) is 5.64. The summed E-state index contributed by atoms with van der Waals surface area (Å²) < 4.78 is 13.5. The van der Waals surface area contributed by atoms with Crippen molar-refractivity contribution in [1.29, 1.82) is 0 Å². The average molecular weight is 323 g/mol. The van der Waals surface area contributed by atoms with E-state index in [1.807, 2.05) is 6.07 Å². The molecule has 0 saturated carbocycles. The minimum absolute atomic E-state index is 0.292. The highest BCUT2D eigenvalue weighted by Gasteiger charge is 2.03. The highest BCUT2D eigenvalue weighted by Crippen LogP contribution is 2.18. The molecular weight excluding hydrogens is 311 g/mol. The maximum absolute atomic E-state index is 13.1. The number of rotatable bonds is 4. The van der Waals surface area contributed by atoms with Gasteiger partial charge in [0.15, 0.2) is 0 Å². The molecule has 5 heteroatoms. The van der Waals surface area contributed by atoms with Gasteiger partial charge in [-0.25, -0.2) is 4.39 Å². The smallest absolute Gasteiger partial charge is 0.248 e. The van der Waals surface area contributed by atoms with Crippen LogP contribution in [0.25, 0.3) is 0 Å². The van der Waals surface area contributed by atoms with Gasteiger partial charge in [0, 0.05) is 17.8 Å². The fourth-order valence-electron chi connectivity index (χ4n) is 1.64. The predicted octanol–water partition coefficient (Wildman–Crippen LogP) is 3.30. The van der Waals surface area contributed by atoms with Gasteiger partial charge >= 0.3 is 0 Å². The van der Waals surface area contributed by atoms with Crippen LogP contribution in [0.3, 0.4) is 0 Å². The predicted molar refractivity (Wildman–Crippen MR) is 76.4 cm³/mol. The number of benzene rings is 2. The lowest BCUT2D eigenvalue weighted by molar-refractivity contribution is 0.100. The molecule has 2 aromatic rings. The van der Waals surface area contributed by atoms with Crippen LogP contribution in [-0.4, -0.2) is 5.91 Å². The minimum Gasteiger partial charge on any atom is -0.381 e. The minimum atomic E-state index is -0.465. The van der Waals surface area contributed by atoms with Crippen LogP contribution in [0.2, 0.25) is 0 Å². The van der Waals surface area contributed by atoms with Crippen molar-refractivity contribution in [3.8, 4) is 0 Å². The number of hydrogen-bond acceptors (Lipinski definition) is 2. The molecule has 0 aliphatic carbocycles. The van der Waals surface area contributed by atoms with Crippen molar-refractivity contribution in [2.75, 3.05) is 5.32 Å². The zero-order valence-electron chi connectivity index (χ0n) is 9.99. The van der Waals surface area contributed by atoms with Gasteiger partial charge in [0.05, 0.1) is 4.47 Å². The molecule has 19 heavy (non-hydrogen) atoms.